The van der Waals surface area contributed by atoms with Gasteiger partial charge in [-0.2, -0.15) is 0 Å². The SMILES string of the molecule is CC1=C(N)Nc2cc(Cc3ccccc3)ccc2O1. The molecular weight excluding hydrogens is 236 g/mol. The van der Waals surface area contributed by atoms with Crippen molar-refractivity contribution in [1.29, 1.82) is 0 Å². The Labute approximate surface area is 112 Å². The minimum atomic E-state index is 0.573. The molecule has 0 atom stereocenters. The molecule has 3 heteroatoms. The van der Waals surface area contributed by atoms with Crippen molar-refractivity contribution >= 4 is 5.69 Å². The molecular formula is C16H16N2O. The van der Waals surface area contributed by atoms with Gasteiger partial charge in [-0.3, -0.25) is 0 Å². The molecule has 0 saturated carbocycles. The quantitative estimate of drug-likeness (QED) is 0.862. The Morgan fingerprint density at radius 1 is 1.05 bits per heavy atom. The first kappa shape index (κ1) is 11.7. The summed E-state index contributed by atoms with van der Waals surface area (Å²) in [4.78, 5) is 0. The van der Waals surface area contributed by atoms with E-state index in [2.05, 4.69) is 41.7 Å². The van der Waals surface area contributed by atoms with Crippen LogP contribution in [0.4, 0.5) is 5.69 Å². The number of anilines is 1. The molecule has 2 aromatic rings. The molecule has 0 amide bonds. The summed E-state index contributed by atoms with van der Waals surface area (Å²) in [5, 5.41) is 3.17. The number of allylic oxidation sites excluding steroid dienone is 1. The molecule has 0 aromatic heterocycles. The normalized spacial score (nSPS) is 13.5. The number of benzene rings is 2. The fraction of sp³-hybridized carbons (Fsp3) is 0.125. The van der Waals surface area contributed by atoms with E-state index in [1.54, 1.807) is 0 Å². The maximum Gasteiger partial charge on any atom is 0.150 e. The van der Waals surface area contributed by atoms with Crippen molar-refractivity contribution < 1.29 is 4.74 Å². The number of rotatable bonds is 2. The zero-order chi connectivity index (χ0) is 13.2. The fourth-order valence-corrected chi connectivity index (χ4v) is 2.16. The summed E-state index contributed by atoms with van der Waals surface area (Å²) in [5.41, 5.74) is 9.29. The molecule has 3 nitrogen and oxygen atoms in total. The number of nitrogens with two attached hydrogens (primary N) is 1. The Bertz CT molecular complexity index is 632. The van der Waals surface area contributed by atoms with Gasteiger partial charge in [-0.05, 0) is 36.6 Å². The number of hydrogen-bond acceptors (Lipinski definition) is 3. The summed E-state index contributed by atoms with van der Waals surface area (Å²) in [6.45, 7) is 1.85. The topological polar surface area (TPSA) is 47.3 Å². The zero-order valence-corrected chi connectivity index (χ0v) is 10.8. The summed E-state index contributed by atoms with van der Waals surface area (Å²) in [5.74, 6) is 2.11. The number of hydrogen-bond donors (Lipinski definition) is 2. The van der Waals surface area contributed by atoms with Crippen molar-refractivity contribution in [2.24, 2.45) is 5.73 Å². The van der Waals surface area contributed by atoms with Crippen LogP contribution in [0.25, 0.3) is 0 Å². The van der Waals surface area contributed by atoms with E-state index in [4.69, 9.17) is 10.5 Å². The highest BCUT2D eigenvalue weighted by atomic mass is 16.5. The molecule has 0 aliphatic carbocycles. The van der Waals surface area contributed by atoms with Crippen molar-refractivity contribution in [3.05, 3.63) is 71.2 Å². The second-order valence-electron chi connectivity index (χ2n) is 4.69. The first-order valence-corrected chi connectivity index (χ1v) is 6.30. The highest BCUT2D eigenvalue weighted by Gasteiger charge is 2.14. The highest BCUT2D eigenvalue weighted by molar-refractivity contribution is 5.63. The second kappa shape index (κ2) is 4.69. The van der Waals surface area contributed by atoms with Crippen LogP contribution in [-0.4, -0.2) is 0 Å². The monoisotopic (exact) mass is 252 g/mol. The third-order valence-electron chi connectivity index (χ3n) is 3.21. The maximum atomic E-state index is 5.84. The van der Waals surface area contributed by atoms with Gasteiger partial charge in [0, 0.05) is 0 Å². The lowest BCUT2D eigenvalue weighted by molar-refractivity contribution is 0.415. The maximum absolute atomic E-state index is 5.84. The summed E-state index contributed by atoms with van der Waals surface area (Å²) in [6.07, 6.45) is 0.901. The molecule has 2 aromatic carbocycles. The Kier molecular flexibility index (Phi) is 2.88. The number of ether oxygens (including phenoxy) is 1. The average molecular weight is 252 g/mol. The predicted molar refractivity (Wildman–Crippen MR) is 76.8 cm³/mol. The van der Waals surface area contributed by atoms with E-state index in [1.165, 1.54) is 11.1 Å². The van der Waals surface area contributed by atoms with Gasteiger partial charge in [-0.15, -0.1) is 0 Å². The van der Waals surface area contributed by atoms with E-state index in [1.807, 2.05) is 19.1 Å². The minimum Gasteiger partial charge on any atom is -0.456 e. The Balaban J connectivity index is 1.86. The van der Waals surface area contributed by atoms with Crippen molar-refractivity contribution in [3.8, 4) is 5.75 Å². The molecule has 3 rings (SSSR count). The number of nitrogens with one attached hydrogen (secondary N) is 1. The zero-order valence-electron chi connectivity index (χ0n) is 10.8. The summed E-state index contributed by atoms with van der Waals surface area (Å²) in [6, 6.07) is 16.5. The Morgan fingerprint density at radius 2 is 1.84 bits per heavy atom. The molecule has 19 heavy (non-hydrogen) atoms. The second-order valence-corrected chi connectivity index (χ2v) is 4.69. The van der Waals surface area contributed by atoms with Gasteiger partial charge in [-0.25, -0.2) is 0 Å². The van der Waals surface area contributed by atoms with E-state index in [9.17, 15) is 0 Å². The molecule has 0 fully saturated rings. The summed E-state index contributed by atoms with van der Waals surface area (Å²) in [7, 11) is 0. The molecule has 96 valence electrons. The van der Waals surface area contributed by atoms with Crippen molar-refractivity contribution in [3.63, 3.8) is 0 Å². The van der Waals surface area contributed by atoms with Crippen molar-refractivity contribution in [2.75, 3.05) is 5.32 Å². The van der Waals surface area contributed by atoms with Gasteiger partial charge in [0.1, 0.15) is 11.6 Å². The van der Waals surface area contributed by atoms with Crippen LogP contribution >= 0.6 is 0 Å². The van der Waals surface area contributed by atoms with Crippen LogP contribution in [0.5, 0.6) is 5.75 Å². The molecule has 1 aliphatic rings. The third-order valence-corrected chi connectivity index (χ3v) is 3.21. The lowest BCUT2D eigenvalue weighted by atomic mass is 10.0. The molecule has 0 radical (unpaired) electrons. The van der Waals surface area contributed by atoms with Crippen LogP contribution in [-0.2, 0) is 6.42 Å². The molecule has 1 aliphatic heterocycles. The first-order chi connectivity index (χ1) is 9.22. The van der Waals surface area contributed by atoms with Crippen molar-refractivity contribution in [1.82, 2.24) is 0 Å². The van der Waals surface area contributed by atoms with Crippen LogP contribution in [0.1, 0.15) is 18.1 Å². The summed E-state index contributed by atoms with van der Waals surface area (Å²) >= 11 is 0. The Hall–Kier alpha value is -2.42. The van der Waals surface area contributed by atoms with Crippen LogP contribution in [0.15, 0.2) is 60.1 Å². The van der Waals surface area contributed by atoms with Gasteiger partial charge in [0.15, 0.2) is 5.75 Å². The van der Waals surface area contributed by atoms with E-state index < -0.39 is 0 Å². The van der Waals surface area contributed by atoms with Gasteiger partial charge in [0.05, 0.1) is 5.69 Å². The molecule has 3 N–H and O–H groups in total. The van der Waals surface area contributed by atoms with E-state index in [0.717, 1.165) is 17.9 Å². The van der Waals surface area contributed by atoms with Crippen LogP contribution in [0, 0.1) is 0 Å². The third kappa shape index (κ3) is 2.40. The van der Waals surface area contributed by atoms with Gasteiger partial charge in [-0.1, -0.05) is 36.4 Å². The van der Waals surface area contributed by atoms with Crippen LogP contribution < -0.4 is 15.8 Å². The standard InChI is InChI=1S/C16H16N2O/c1-11-16(17)18-14-10-13(7-8-15(14)19-11)9-12-5-3-2-4-6-12/h2-8,10,18H,9,17H2,1H3. The molecule has 0 bridgehead atoms. The fourth-order valence-electron chi connectivity index (χ4n) is 2.16. The number of fused-ring (bicyclic) bond motifs is 1. The minimum absolute atomic E-state index is 0.573. The van der Waals surface area contributed by atoms with Gasteiger partial charge in [0.2, 0.25) is 0 Å². The molecule has 0 spiro atoms. The Morgan fingerprint density at radius 3 is 2.63 bits per heavy atom. The molecule has 0 unspecified atom stereocenters. The largest absolute Gasteiger partial charge is 0.456 e. The highest BCUT2D eigenvalue weighted by Crippen LogP contribution is 2.32. The smallest absolute Gasteiger partial charge is 0.150 e. The van der Waals surface area contributed by atoms with E-state index >= 15 is 0 Å². The lowest BCUT2D eigenvalue weighted by Crippen LogP contribution is -2.19. The molecule has 1 heterocycles. The van der Waals surface area contributed by atoms with Crippen LogP contribution in [0.2, 0.25) is 0 Å². The predicted octanol–water partition coefficient (Wildman–Crippen LogP) is 3.23. The average Bonchev–Trinajstić information content (AvgIpc) is 2.42. The lowest BCUT2D eigenvalue weighted by Gasteiger charge is -2.21. The summed E-state index contributed by atoms with van der Waals surface area (Å²) < 4.78 is 5.64. The first-order valence-electron chi connectivity index (χ1n) is 6.30. The van der Waals surface area contributed by atoms with Gasteiger partial charge < -0.3 is 15.8 Å². The van der Waals surface area contributed by atoms with Crippen LogP contribution in [0.3, 0.4) is 0 Å². The molecule has 0 saturated heterocycles. The van der Waals surface area contributed by atoms with Gasteiger partial charge >= 0.3 is 0 Å². The van der Waals surface area contributed by atoms with E-state index in [-0.39, 0.29) is 0 Å². The van der Waals surface area contributed by atoms with Crippen molar-refractivity contribution in [2.45, 2.75) is 13.3 Å². The van der Waals surface area contributed by atoms with Gasteiger partial charge in [0.25, 0.3) is 0 Å². The van der Waals surface area contributed by atoms with E-state index in [0.29, 0.717) is 11.6 Å².